The van der Waals surface area contributed by atoms with Crippen molar-refractivity contribution in [1.82, 2.24) is 10.3 Å². The zero-order valence-corrected chi connectivity index (χ0v) is 14.5. The van der Waals surface area contributed by atoms with Crippen LogP contribution in [-0.4, -0.2) is 37.1 Å². The number of nitrogens with zero attached hydrogens (tertiary/aromatic N) is 1. The molecule has 144 valence electrons. The van der Waals surface area contributed by atoms with E-state index in [2.05, 4.69) is 15.6 Å². The molecule has 0 spiro atoms. The molecule has 0 fully saturated rings. The molecule has 0 aliphatic rings. The first-order valence-corrected chi connectivity index (χ1v) is 8.03. The highest BCUT2D eigenvalue weighted by Crippen LogP contribution is 2.34. The van der Waals surface area contributed by atoms with E-state index in [0.717, 1.165) is 12.1 Å². The van der Waals surface area contributed by atoms with Crippen molar-refractivity contribution in [2.24, 2.45) is 0 Å². The summed E-state index contributed by atoms with van der Waals surface area (Å²) in [5, 5.41) is 4.84. The zero-order chi connectivity index (χ0) is 19.9. The Hall–Kier alpha value is -2.94. The minimum Gasteiger partial charge on any atom is -0.385 e. The van der Waals surface area contributed by atoms with Crippen LogP contribution in [0.5, 0.6) is 0 Å². The Morgan fingerprint density at radius 2 is 1.89 bits per heavy atom. The first-order chi connectivity index (χ1) is 12.8. The van der Waals surface area contributed by atoms with Crippen LogP contribution in [0.15, 0.2) is 42.6 Å². The number of halogens is 3. The Kier molecular flexibility index (Phi) is 6.89. The van der Waals surface area contributed by atoms with Gasteiger partial charge in [-0.3, -0.25) is 14.6 Å². The molecule has 0 unspecified atom stereocenters. The molecule has 2 amide bonds. The Morgan fingerprint density at radius 3 is 2.59 bits per heavy atom. The van der Waals surface area contributed by atoms with Crippen LogP contribution in [0, 0.1) is 0 Å². The van der Waals surface area contributed by atoms with Crippen LogP contribution in [0.2, 0.25) is 0 Å². The number of carbonyl (C=O) groups is 2. The summed E-state index contributed by atoms with van der Waals surface area (Å²) in [4.78, 5) is 28.2. The maximum Gasteiger partial charge on any atom is 0.418 e. The van der Waals surface area contributed by atoms with Gasteiger partial charge < -0.3 is 15.4 Å². The van der Waals surface area contributed by atoms with Gasteiger partial charge in [0.15, 0.2) is 0 Å². The number of benzene rings is 1. The van der Waals surface area contributed by atoms with Gasteiger partial charge >= 0.3 is 6.18 Å². The number of hydrogen-bond donors (Lipinski definition) is 2. The van der Waals surface area contributed by atoms with E-state index in [0.29, 0.717) is 19.6 Å². The van der Waals surface area contributed by atoms with Gasteiger partial charge in [0.2, 0.25) is 0 Å². The second-order valence-corrected chi connectivity index (χ2v) is 5.53. The number of aromatic nitrogens is 1. The second kappa shape index (κ2) is 9.13. The number of alkyl halides is 3. The summed E-state index contributed by atoms with van der Waals surface area (Å²) in [6.07, 6.45) is -2.75. The van der Waals surface area contributed by atoms with E-state index >= 15 is 0 Å². The maximum atomic E-state index is 13.0. The molecule has 6 nitrogen and oxygen atoms in total. The molecule has 0 atom stereocenters. The highest BCUT2D eigenvalue weighted by Gasteiger charge is 2.33. The Labute approximate surface area is 153 Å². The lowest BCUT2D eigenvalue weighted by molar-refractivity contribution is -0.136. The third-order valence-electron chi connectivity index (χ3n) is 3.55. The average Bonchev–Trinajstić information content (AvgIpc) is 2.64. The number of hydrogen-bond acceptors (Lipinski definition) is 4. The zero-order valence-electron chi connectivity index (χ0n) is 14.5. The van der Waals surface area contributed by atoms with Crippen LogP contribution in [0.3, 0.4) is 0 Å². The molecular weight excluding hydrogens is 363 g/mol. The van der Waals surface area contributed by atoms with Crippen molar-refractivity contribution >= 4 is 17.5 Å². The molecule has 1 heterocycles. The molecule has 1 aromatic heterocycles. The van der Waals surface area contributed by atoms with Gasteiger partial charge in [0.05, 0.1) is 11.3 Å². The number of carbonyl (C=O) groups excluding carboxylic acids is 2. The van der Waals surface area contributed by atoms with E-state index in [1.165, 1.54) is 30.5 Å². The van der Waals surface area contributed by atoms with Crippen molar-refractivity contribution in [3.8, 4) is 0 Å². The topological polar surface area (TPSA) is 80.3 Å². The molecule has 27 heavy (non-hydrogen) atoms. The van der Waals surface area contributed by atoms with E-state index in [9.17, 15) is 22.8 Å². The van der Waals surface area contributed by atoms with Gasteiger partial charge in [0.1, 0.15) is 5.69 Å². The van der Waals surface area contributed by atoms with Crippen molar-refractivity contribution in [3.63, 3.8) is 0 Å². The van der Waals surface area contributed by atoms with Crippen molar-refractivity contribution in [1.29, 1.82) is 0 Å². The van der Waals surface area contributed by atoms with Crippen LogP contribution in [0.1, 0.15) is 32.8 Å². The number of amides is 2. The molecule has 0 aliphatic carbocycles. The Balaban J connectivity index is 2.11. The Bertz CT molecular complexity index is 810. The number of nitrogens with one attached hydrogen (secondary N) is 2. The minimum absolute atomic E-state index is 0.170. The highest BCUT2D eigenvalue weighted by atomic mass is 19.4. The number of rotatable bonds is 7. The fraction of sp³-hybridized carbons (Fsp3) is 0.278. The molecule has 1 aromatic carbocycles. The molecular formula is C18H18F3N3O3. The SMILES string of the molecule is COCCCNC(=O)c1ccnc(C(=O)Nc2ccccc2C(F)(F)F)c1. The van der Waals surface area contributed by atoms with E-state index in [1.807, 2.05) is 0 Å². The smallest absolute Gasteiger partial charge is 0.385 e. The molecule has 0 saturated carbocycles. The summed E-state index contributed by atoms with van der Waals surface area (Å²) in [5.41, 5.74) is -1.34. The number of anilines is 1. The molecule has 0 aliphatic heterocycles. The second-order valence-electron chi connectivity index (χ2n) is 5.53. The fourth-order valence-electron chi connectivity index (χ4n) is 2.24. The first-order valence-electron chi connectivity index (χ1n) is 8.03. The lowest BCUT2D eigenvalue weighted by Gasteiger charge is -2.13. The maximum absolute atomic E-state index is 13.0. The van der Waals surface area contributed by atoms with Crippen LogP contribution in [0.25, 0.3) is 0 Å². The first kappa shape index (κ1) is 20.4. The predicted octanol–water partition coefficient (Wildman–Crippen LogP) is 3.12. The third-order valence-corrected chi connectivity index (χ3v) is 3.55. The van der Waals surface area contributed by atoms with Crippen molar-refractivity contribution < 1.29 is 27.5 Å². The summed E-state index contributed by atoms with van der Waals surface area (Å²) in [6, 6.07) is 7.25. The summed E-state index contributed by atoms with van der Waals surface area (Å²) in [6.45, 7) is 0.873. The van der Waals surface area contributed by atoms with E-state index in [-0.39, 0.29) is 16.9 Å². The Morgan fingerprint density at radius 1 is 1.15 bits per heavy atom. The van der Waals surface area contributed by atoms with Crippen molar-refractivity contribution in [2.75, 3.05) is 25.6 Å². The number of methoxy groups -OCH3 is 1. The fourth-order valence-corrected chi connectivity index (χ4v) is 2.24. The molecule has 2 rings (SSSR count). The molecule has 0 saturated heterocycles. The summed E-state index contributed by atoms with van der Waals surface area (Å²) >= 11 is 0. The molecule has 2 N–H and O–H groups in total. The van der Waals surface area contributed by atoms with E-state index in [1.54, 1.807) is 7.11 Å². The summed E-state index contributed by atoms with van der Waals surface area (Å²) < 4.78 is 43.9. The lowest BCUT2D eigenvalue weighted by Crippen LogP contribution is -2.26. The lowest BCUT2D eigenvalue weighted by atomic mass is 10.1. The van der Waals surface area contributed by atoms with Gasteiger partial charge in [-0.05, 0) is 30.7 Å². The van der Waals surface area contributed by atoms with Gasteiger partial charge in [-0.2, -0.15) is 13.2 Å². The van der Waals surface area contributed by atoms with Crippen LogP contribution in [-0.2, 0) is 10.9 Å². The number of ether oxygens (including phenoxy) is 1. The van der Waals surface area contributed by atoms with Gasteiger partial charge in [-0.15, -0.1) is 0 Å². The highest BCUT2D eigenvalue weighted by molar-refractivity contribution is 6.05. The van der Waals surface area contributed by atoms with Crippen molar-refractivity contribution in [3.05, 3.63) is 59.4 Å². The summed E-state index contributed by atoms with van der Waals surface area (Å²) in [5.74, 6) is -1.26. The molecule has 0 bridgehead atoms. The average molecular weight is 381 g/mol. The normalized spacial score (nSPS) is 11.1. The van der Waals surface area contributed by atoms with Gasteiger partial charge in [0, 0.05) is 32.0 Å². The standard InChI is InChI=1S/C18H18F3N3O3/c1-27-10-4-8-23-16(25)12-7-9-22-15(11-12)17(26)24-14-6-3-2-5-13(14)18(19,20)21/h2-3,5-7,9,11H,4,8,10H2,1H3,(H,23,25)(H,24,26). The molecule has 0 radical (unpaired) electrons. The number of pyridine rings is 1. The van der Waals surface area contributed by atoms with E-state index in [4.69, 9.17) is 4.74 Å². The van der Waals surface area contributed by atoms with Crippen molar-refractivity contribution in [2.45, 2.75) is 12.6 Å². The monoisotopic (exact) mass is 381 g/mol. The number of para-hydroxylation sites is 1. The quantitative estimate of drug-likeness (QED) is 0.723. The van der Waals surface area contributed by atoms with Crippen LogP contribution >= 0.6 is 0 Å². The largest absolute Gasteiger partial charge is 0.418 e. The molecule has 2 aromatic rings. The summed E-state index contributed by atoms with van der Waals surface area (Å²) in [7, 11) is 1.55. The van der Waals surface area contributed by atoms with Gasteiger partial charge in [0.25, 0.3) is 11.8 Å². The van der Waals surface area contributed by atoms with Gasteiger partial charge in [-0.25, -0.2) is 0 Å². The predicted molar refractivity (Wildman–Crippen MR) is 92.5 cm³/mol. The third kappa shape index (κ3) is 5.78. The minimum atomic E-state index is -4.61. The van der Waals surface area contributed by atoms with Gasteiger partial charge in [-0.1, -0.05) is 12.1 Å². The van der Waals surface area contributed by atoms with Crippen LogP contribution in [0.4, 0.5) is 18.9 Å². The molecule has 9 heteroatoms. The van der Waals surface area contributed by atoms with E-state index < -0.39 is 23.6 Å². The van der Waals surface area contributed by atoms with Crippen LogP contribution < -0.4 is 10.6 Å².